The molecule has 0 unspecified atom stereocenters. The summed E-state index contributed by atoms with van der Waals surface area (Å²) in [6.45, 7) is -0.467. The van der Waals surface area contributed by atoms with Crippen LogP contribution in [0.15, 0.2) is 21.5 Å². The molecule has 0 radical (unpaired) electrons. The van der Waals surface area contributed by atoms with Crippen LogP contribution in [-0.4, -0.2) is 13.5 Å². The number of aliphatic hydroxyl groups is 1. The normalized spacial score (nSPS) is 11.1. The molecule has 0 saturated carbocycles. The van der Waals surface area contributed by atoms with E-state index >= 15 is 0 Å². The van der Waals surface area contributed by atoms with Crippen molar-refractivity contribution in [3.8, 4) is 6.07 Å². The second-order valence-corrected chi connectivity index (χ2v) is 5.92. The molecule has 15 heavy (non-hydrogen) atoms. The summed E-state index contributed by atoms with van der Waals surface area (Å²) in [5.74, 6) is 0. The predicted octanol–water partition coefficient (Wildman–Crippen LogP) is 1.74. The van der Waals surface area contributed by atoms with Crippen molar-refractivity contribution in [2.45, 2.75) is 11.5 Å². The fourth-order valence-corrected chi connectivity index (χ4v) is 3.76. The predicted molar refractivity (Wildman–Crippen MR) is 57.8 cm³/mol. The summed E-state index contributed by atoms with van der Waals surface area (Å²) in [6.07, 6.45) is 0. The molecule has 0 aliphatic heterocycles. The van der Waals surface area contributed by atoms with Crippen molar-refractivity contribution in [2.75, 3.05) is 0 Å². The van der Waals surface area contributed by atoms with Gasteiger partial charge in [0.2, 0.25) is 0 Å². The van der Waals surface area contributed by atoms with Crippen LogP contribution in [0, 0.1) is 11.3 Å². The van der Waals surface area contributed by atoms with Crippen molar-refractivity contribution < 1.29 is 13.5 Å². The van der Waals surface area contributed by atoms with Gasteiger partial charge in [-0.25, -0.2) is 8.42 Å². The highest BCUT2D eigenvalue weighted by atomic mass is 79.9. The Hall–Kier alpha value is -0.610. The van der Waals surface area contributed by atoms with Crippen LogP contribution < -0.4 is 0 Å². The Morgan fingerprint density at radius 1 is 1.53 bits per heavy atom. The highest BCUT2D eigenvalue weighted by Crippen LogP contribution is 2.31. The van der Waals surface area contributed by atoms with Gasteiger partial charge < -0.3 is 5.11 Å². The Morgan fingerprint density at radius 3 is 2.53 bits per heavy atom. The molecule has 4 nitrogen and oxygen atoms in total. The van der Waals surface area contributed by atoms with Gasteiger partial charge in [0.1, 0.15) is 11.0 Å². The maximum atomic E-state index is 11.2. The molecule has 0 fully saturated rings. The molecule has 0 saturated heterocycles. The number of halogens is 2. The Bertz CT molecular complexity index is 536. The van der Waals surface area contributed by atoms with E-state index in [9.17, 15) is 8.42 Å². The Morgan fingerprint density at radius 2 is 2.13 bits per heavy atom. The van der Waals surface area contributed by atoms with Gasteiger partial charge in [-0.15, -0.1) is 0 Å². The second-order valence-electron chi connectivity index (χ2n) is 2.62. The van der Waals surface area contributed by atoms with Crippen molar-refractivity contribution in [2.24, 2.45) is 0 Å². The third-order valence-electron chi connectivity index (χ3n) is 1.71. The fraction of sp³-hybridized carbons (Fsp3) is 0.125. The van der Waals surface area contributed by atoms with Crippen molar-refractivity contribution in [1.82, 2.24) is 0 Å². The molecule has 0 atom stereocenters. The summed E-state index contributed by atoms with van der Waals surface area (Å²) in [5.41, 5.74) is 0.294. The molecule has 0 aliphatic carbocycles. The highest BCUT2D eigenvalue weighted by molar-refractivity contribution is 9.10. The van der Waals surface area contributed by atoms with Crippen molar-refractivity contribution in [3.63, 3.8) is 0 Å². The highest BCUT2D eigenvalue weighted by Gasteiger charge is 2.21. The summed E-state index contributed by atoms with van der Waals surface area (Å²) in [4.78, 5) is -0.259. The quantitative estimate of drug-likeness (QED) is 0.844. The average molecular weight is 311 g/mol. The zero-order valence-electron chi connectivity index (χ0n) is 7.24. The number of aliphatic hydroxyl groups excluding tert-OH is 1. The number of nitrogens with zero attached hydrogens (tertiary/aromatic N) is 1. The molecule has 80 valence electrons. The molecule has 0 aromatic heterocycles. The lowest BCUT2D eigenvalue weighted by Gasteiger charge is -2.07. The maximum Gasteiger partial charge on any atom is 0.262 e. The van der Waals surface area contributed by atoms with Gasteiger partial charge in [-0.2, -0.15) is 5.26 Å². The Balaban J connectivity index is 3.67. The third-order valence-corrected chi connectivity index (χ3v) is 4.22. The van der Waals surface area contributed by atoms with E-state index in [1.165, 1.54) is 12.1 Å². The fourth-order valence-electron chi connectivity index (χ4n) is 1.07. The van der Waals surface area contributed by atoms with Gasteiger partial charge in [0.25, 0.3) is 9.05 Å². The number of benzene rings is 1. The number of nitriles is 1. The third kappa shape index (κ3) is 2.49. The van der Waals surface area contributed by atoms with E-state index < -0.39 is 15.7 Å². The van der Waals surface area contributed by atoms with E-state index in [-0.39, 0.29) is 20.5 Å². The molecule has 0 amide bonds. The van der Waals surface area contributed by atoms with E-state index in [0.717, 1.165) is 0 Å². The van der Waals surface area contributed by atoms with E-state index in [2.05, 4.69) is 15.9 Å². The van der Waals surface area contributed by atoms with Crippen LogP contribution in [0.5, 0.6) is 0 Å². The van der Waals surface area contributed by atoms with Gasteiger partial charge in [0.05, 0.1) is 16.6 Å². The summed E-state index contributed by atoms with van der Waals surface area (Å²) >= 11 is 2.97. The Labute approximate surface area is 99.6 Å². The van der Waals surface area contributed by atoms with Crippen molar-refractivity contribution in [1.29, 1.82) is 5.26 Å². The van der Waals surface area contributed by atoms with Crippen LogP contribution in [0.25, 0.3) is 0 Å². The van der Waals surface area contributed by atoms with E-state index in [1.807, 2.05) is 6.07 Å². The standard InChI is InChI=1S/C8H5BrClNO3S/c9-7-5(3-11)1-2-6(4-12)8(7)15(10,13)14/h1-2,12H,4H2. The Kier molecular flexibility index (Phi) is 3.73. The lowest BCUT2D eigenvalue weighted by molar-refractivity contribution is 0.278. The lowest BCUT2D eigenvalue weighted by atomic mass is 10.1. The lowest BCUT2D eigenvalue weighted by Crippen LogP contribution is -2.01. The van der Waals surface area contributed by atoms with Crippen LogP contribution in [0.4, 0.5) is 0 Å². The minimum Gasteiger partial charge on any atom is -0.392 e. The summed E-state index contributed by atoms with van der Waals surface area (Å²) in [7, 11) is 1.20. The minimum absolute atomic E-state index is 0.0755. The average Bonchev–Trinajstić information content (AvgIpc) is 2.15. The van der Waals surface area contributed by atoms with Crippen molar-refractivity contribution >= 4 is 35.7 Å². The molecule has 1 rings (SSSR count). The summed E-state index contributed by atoms with van der Waals surface area (Å²) < 4.78 is 22.5. The molecule has 0 heterocycles. The molecule has 1 N–H and O–H groups in total. The first kappa shape index (κ1) is 12.5. The molecule has 1 aromatic carbocycles. The van der Waals surface area contributed by atoms with Gasteiger partial charge in [0.15, 0.2) is 0 Å². The zero-order valence-corrected chi connectivity index (χ0v) is 10.4. The maximum absolute atomic E-state index is 11.2. The van der Waals surface area contributed by atoms with Crippen LogP contribution in [-0.2, 0) is 15.7 Å². The molecule has 0 aliphatic rings. The molecular weight excluding hydrogens is 306 g/mol. The smallest absolute Gasteiger partial charge is 0.262 e. The molecule has 7 heteroatoms. The number of hydrogen-bond donors (Lipinski definition) is 1. The first-order valence-corrected chi connectivity index (χ1v) is 6.79. The molecule has 0 bridgehead atoms. The largest absolute Gasteiger partial charge is 0.392 e. The number of rotatable bonds is 2. The minimum atomic E-state index is -3.99. The summed E-state index contributed by atoms with van der Waals surface area (Å²) in [6, 6.07) is 4.56. The van der Waals surface area contributed by atoms with E-state index in [1.54, 1.807) is 0 Å². The zero-order chi connectivity index (χ0) is 11.6. The molecular formula is C8H5BrClNO3S. The summed E-state index contributed by atoms with van der Waals surface area (Å²) in [5, 5.41) is 17.6. The topological polar surface area (TPSA) is 78.2 Å². The van der Waals surface area contributed by atoms with Gasteiger partial charge >= 0.3 is 0 Å². The number of hydrogen-bond acceptors (Lipinski definition) is 4. The van der Waals surface area contributed by atoms with E-state index in [0.29, 0.717) is 0 Å². The first-order chi connectivity index (χ1) is 6.91. The van der Waals surface area contributed by atoms with Crippen LogP contribution in [0.1, 0.15) is 11.1 Å². The van der Waals surface area contributed by atoms with Gasteiger partial charge in [-0.3, -0.25) is 0 Å². The van der Waals surface area contributed by atoms with Gasteiger partial charge in [-0.05, 0) is 27.6 Å². The molecule has 0 spiro atoms. The van der Waals surface area contributed by atoms with Gasteiger partial charge in [0, 0.05) is 10.7 Å². The second kappa shape index (κ2) is 4.49. The SMILES string of the molecule is N#Cc1ccc(CO)c(S(=O)(=O)Cl)c1Br. The monoisotopic (exact) mass is 309 g/mol. The van der Waals surface area contributed by atoms with Crippen LogP contribution >= 0.6 is 26.6 Å². The molecule has 1 aromatic rings. The van der Waals surface area contributed by atoms with Gasteiger partial charge in [-0.1, -0.05) is 6.07 Å². The van der Waals surface area contributed by atoms with E-state index in [4.69, 9.17) is 21.1 Å². The van der Waals surface area contributed by atoms with Crippen molar-refractivity contribution in [3.05, 3.63) is 27.7 Å². The first-order valence-electron chi connectivity index (χ1n) is 3.68. The van der Waals surface area contributed by atoms with Crippen LogP contribution in [0.3, 0.4) is 0 Å². The van der Waals surface area contributed by atoms with Crippen LogP contribution in [0.2, 0.25) is 0 Å².